The molecule has 2 aromatic rings. The van der Waals surface area contributed by atoms with Crippen LogP contribution in [0.1, 0.15) is 12.5 Å². The van der Waals surface area contributed by atoms with Crippen LogP contribution in [0.4, 0.5) is 0 Å². The molecule has 0 fully saturated rings. The summed E-state index contributed by atoms with van der Waals surface area (Å²) in [5.74, 6) is 0.263. The predicted molar refractivity (Wildman–Crippen MR) is 90.3 cm³/mol. The summed E-state index contributed by atoms with van der Waals surface area (Å²) in [5.41, 5.74) is 0.672. The van der Waals surface area contributed by atoms with E-state index in [2.05, 4.69) is 9.71 Å². The fourth-order valence-corrected chi connectivity index (χ4v) is 3.61. The van der Waals surface area contributed by atoms with Gasteiger partial charge in [0, 0.05) is 17.1 Å². The summed E-state index contributed by atoms with van der Waals surface area (Å²) in [6.07, 6.45) is 0. The van der Waals surface area contributed by atoms with E-state index in [4.69, 9.17) is 23.2 Å². The van der Waals surface area contributed by atoms with Crippen LogP contribution >= 0.6 is 23.2 Å². The van der Waals surface area contributed by atoms with Gasteiger partial charge in [0.1, 0.15) is 10.7 Å². The molecule has 0 unspecified atom stereocenters. The standard InChI is InChI=1S/C15H14Cl2N2O2S/c1-2-18-15(11-6-4-3-5-7-11)19-22(20,21)14-10-12(16)8-9-13(14)17/h3-10H,2H2,1H3,(H,18,19). The summed E-state index contributed by atoms with van der Waals surface area (Å²) in [4.78, 5) is 4.13. The molecule has 2 aromatic carbocycles. The Kier molecular flexibility index (Phi) is 5.45. The van der Waals surface area contributed by atoms with E-state index in [1.165, 1.54) is 18.2 Å². The van der Waals surface area contributed by atoms with E-state index < -0.39 is 10.0 Å². The maximum atomic E-state index is 12.5. The van der Waals surface area contributed by atoms with E-state index in [1.807, 2.05) is 13.0 Å². The van der Waals surface area contributed by atoms with Gasteiger partial charge in [-0.3, -0.25) is 9.71 Å². The predicted octanol–water partition coefficient (Wildman–Crippen LogP) is 3.74. The van der Waals surface area contributed by atoms with Crippen molar-refractivity contribution in [3.8, 4) is 0 Å². The Morgan fingerprint density at radius 3 is 2.45 bits per heavy atom. The first-order valence-corrected chi connectivity index (χ1v) is 8.75. The quantitative estimate of drug-likeness (QED) is 0.669. The van der Waals surface area contributed by atoms with E-state index in [1.54, 1.807) is 24.3 Å². The second kappa shape index (κ2) is 7.13. The fourth-order valence-electron chi connectivity index (χ4n) is 1.80. The van der Waals surface area contributed by atoms with Crippen LogP contribution in [-0.2, 0) is 10.0 Å². The highest BCUT2D eigenvalue weighted by Gasteiger charge is 2.20. The number of nitrogens with zero attached hydrogens (tertiary/aromatic N) is 1. The van der Waals surface area contributed by atoms with E-state index in [9.17, 15) is 8.42 Å². The van der Waals surface area contributed by atoms with Crippen molar-refractivity contribution in [3.05, 3.63) is 64.1 Å². The van der Waals surface area contributed by atoms with Gasteiger partial charge in [-0.25, -0.2) is 8.42 Å². The van der Waals surface area contributed by atoms with Crippen molar-refractivity contribution in [3.63, 3.8) is 0 Å². The Morgan fingerprint density at radius 2 is 1.82 bits per heavy atom. The number of aliphatic imine (C=N–C) groups is 1. The molecule has 0 aromatic heterocycles. The van der Waals surface area contributed by atoms with E-state index in [0.29, 0.717) is 17.1 Å². The van der Waals surface area contributed by atoms with Gasteiger partial charge in [-0.1, -0.05) is 53.5 Å². The highest BCUT2D eigenvalue weighted by Crippen LogP contribution is 2.25. The number of sulfonamides is 1. The molecule has 7 heteroatoms. The van der Waals surface area contributed by atoms with Crippen molar-refractivity contribution >= 4 is 39.1 Å². The molecule has 0 aliphatic heterocycles. The van der Waals surface area contributed by atoms with Crippen LogP contribution in [0.25, 0.3) is 0 Å². The van der Waals surface area contributed by atoms with Crippen LogP contribution in [0.15, 0.2) is 58.4 Å². The number of halogens is 2. The summed E-state index contributed by atoms with van der Waals surface area (Å²) in [6.45, 7) is 2.26. The first-order valence-electron chi connectivity index (χ1n) is 6.52. The number of nitrogens with one attached hydrogen (secondary N) is 1. The first kappa shape index (κ1) is 16.8. The Balaban J connectivity index is 2.42. The van der Waals surface area contributed by atoms with E-state index in [0.717, 1.165) is 0 Å². The third-order valence-corrected chi connectivity index (χ3v) is 4.83. The first-order chi connectivity index (χ1) is 10.4. The normalized spacial score (nSPS) is 12.2. The number of amidine groups is 1. The Hall–Kier alpha value is -1.56. The van der Waals surface area contributed by atoms with Crippen LogP contribution in [0.3, 0.4) is 0 Å². The second-order valence-electron chi connectivity index (χ2n) is 4.37. The third kappa shape index (κ3) is 4.00. The average molecular weight is 357 g/mol. The topological polar surface area (TPSA) is 58.5 Å². The fraction of sp³-hybridized carbons (Fsp3) is 0.133. The molecule has 22 heavy (non-hydrogen) atoms. The van der Waals surface area contributed by atoms with Crippen molar-refractivity contribution in [2.45, 2.75) is 11.8 Å². The van der Waals surface area contributed by atoms with Gasteiger partial charge in [-0.2, -0.15) is 0 Å². The zero-order chi connectivity index (χ0) is 16.2. The lowest BCUT2D eigenvalue weighted by molar-refractivity contribution is 0.592. The molecule has 0 atom stereocenters. The SMILES string of the molecule is CCN=C(NS(=O)(=O)c1cc(Cl)ccc1Cl)c1ccccc1. The van der Waals surface area contributed by atoms with Crippen LogP contribution in [0.2, 0.25) is 10.0 Å². The largest absolute Gasteiger partial charge is 0.268 e. The van der Waals surface area contributed by atoms with Crippen molar-refractivity contribution < 1.29 is 8.42 Å². The molecule has 0 heterocycles. The van der Waals surface area contributed by atoms with Gasteiger partial charge in [0.2, 0.25) is 0 Å². The highest BCUT2D eigenvalue weighted by molar-refractivity contribution is 7.90. The van der Waals surface area contributed by atoms with E-state index >= 15 is 0 Å². The molecule has 116 valence electrons. The molecule has 0 saturated heterocycles. The highest BCUT2D eigenvalue weighted by atomic mass is 35.5. The minimum Gasteiger partial charge on any atom is -0.268 e. The Bertz CT molecular complexity index is 790. The van der Waals surface area contributed by atoms with Crippen molar-refractivity contribution in [2.75, 3.05) is 6.54 Å². The van der Waals surface area contributed by atoms with Crippen molar-refractivity contribution in [1.29, 1.82) is 0 Å². The zero-order valence-electron chi connectivity index (χ0n) is 11.8. The molecule has 0 aliphatic rings. The maximum absolute atomic E-state index is 12.5. The lowest BCUT2D eigenvalue weighted by Crippen LogP contribution is -2.31. The molecule has 0 radical (unpaired) electrons. The number of rotatable bonds is 4. The van der Waals surface area contributed by atoms with Gasteiger partial charge in [-0.15, -0.1) is 0 Å². The zero-order valence-corrected chi connectivity index (χ0v) is 14.1. The molecule has 0 spiro atoms. The summed E-state index contributed by atoms with van der Waals surface area (Å²) < 4.78 is 27.5. The van der Waals surface area contributed by atoms with Crippen molar-refractivity contribution in [1.82, 2.24) is 4.72 Å². The molecular weight excluding hydrogens is 343 g/mol. The molecule has 2 rings (SSSR count). The third-order valence-electron chi connectivity index (χ3n) is 2.78. The van der Waals surface area contributed by atoms with Crippen LogP contribution in [-0.4, -0.2) is 20.8 Å². The van der Waals surface area contributed by atoms with Gasteiger partial charge in [0.15, 0.2) is 0 Å². The molecule has 1 N–H and O–H groups in total. The molecular formula is C15H14Cl2N2O2S. The number of hydrogen-bond donors (Lipinski definition) is 1. The van der Waals surface area contributed by atoms with Gasteiger partial charge < -0.3 is 0 Å². The molecule has 0 aliphatic carbocycles. The Morgan fingerprint density at radius 1 is 1.14 bits per heavy atom. The van der Waals surface area contributed by atoms with Gasteiger partial charge in [-0.05, 0) is 25.1 Å². The lowest BCUT2D eigenvalue weighted by atomic mass is 10.2. The molecule has 0 saturated carbocycles. The number of hydrogen-bond acceptors (Lipinski definition) is 3. The van der Waals surface area contributed by atoms with Gasteiger partial charge in [0.25, 0.3) is 10.0 Å². The molecule has 0 bridgehead atoms. The smallest absolute Gasteiger partial charge is 0.264 e. The lowest BCUT2D eigenvalue weighted by Gasteiger charge is -2.12. The maximum Gasteiger partial charge on any atom is 0.264 e. The number of benzene rings is 2. The van der Waals surface area contributed by atoms with Gasteiger partial charge in [0.05, 0.1) is 5.02 Å². The van der Waals surface area contributed by atoms with E-state index in [-0.39, 0.29) is 15.8 Å². The summed E-state index contributed by atoms with van der Waals surface area (Å²) in [7, 11) is -3.88. The summed E-state index contributed by atoms with van der Waals surface area (Å²) >= 11 is 11.8. The summed E-state index contributed by atoms with van der Waals surface area (Å²) in [5, 5.41) is 0.388. The summed E-state index contributed by atoms with van der Waals surface area (Å²) in [6, 6.07) is 13.3. The average Bonchev–Trinajstić information content (AvgIpc) is 2.50. The van der Waals surface area contributed by atoms with Crippen LogP contribution in [0.5, 0.6) is 0 Å². The second-order valence-corrected chi connectivity index (χ2v) is 6.86. The Labute approximate surface area is 139 Å². The molecule has 0 amide bonds. The molecule has 4 nitrogen and oxygen atoms in total. The van der Waals surface area contributed by atoms with Crippen molar-refractivity contribution in [2.24, 2.45) is 4.99 Å². The minimum atomic E-state index is -3.88. The van der Waals surface area contributed by atoms with Gasteiger partial charge >= 0.3 is 0 Å². The van der Waals surface area contributed by atoms with Crippen LogP contribution in [0, 0.1) is 0 Å². The van der Waals surface area contributed by atoms with Crippen LogP contribution < -0.4 is 4.72 Å². The monoisotopic (exact) mass is 356 g/mol. The minimum absolute atomic E-state index is 0.0820.